The Kier molecular flexibility index (Phi) is 5.05. The molecule has 0 aliphatic carbocycles. The van der Waals surface area contributed by atoms with Crippen molar-refractivity contribution in [2.24, 2.45) is 0 Å². The van der Waals surface area contributed by atoms with E-state index >= 15 is 0 Å². The van der Waals surface area contributed by atoms with E-state index in [0.717, 1.165) is 11.3 Å². The highest BCUT2D eigenvalue weighted by atomic mass is 16.3. The molecule has 2 atom stereocenters. The summed E-state index contributed by atoms with van der Waals surface area (Å²) >= 11 is 0. The number of aromatic nitrogens is 2. The maximum Gasteiger partial charge on any atom is 0.110 e. The van der Waals surface area contributed by atoms with Crippen LogP contribution in [0.25, 0.3) is 16.9 Å². The number of nitrogens with zero attached hydrogens (tertiary/aromatic N) is 2. The third kappa shape index (κ3) is 3.38. The molecule has 3 aromatic rings. The first-order chi connectivity index (χ1) is 11.7. The number of hydrogen-bond acceptors (Lipinski definition) is 4. The van der Waals surface area contributed by atoms with Gasteiger partial charge >= 0.3 is 0 Å². The fourth-order valence-corrected chi connectivity index (χ4v) is 2.67. The molecular weight excluding hydrogens is 302 g/mol. The summed E-state index contributed by atoms with van der Waals surface area (Å²) in [5, 5.41) is 28.3. The molecule has 1 heterocycles. The van der Waals surface area contributed by atoms with Gasteiger partial charge in [0.15, 0.2) is 0 Å². The molecule has 0 saturated heterocycles. The molecule has 124 valence electrons. The van der Waals surface area contributed by atoms with Crippen LogP contribution < -0.4 is 5.32 Å². The van der Waals surface area contributed by atoms with Gasteiger partial charge in [-0.3, -0.25) is 0 Å². The predicted octanol–water partition coefficient (Wildman–Crippen LogP) is 2.15. The van der Waals surface area contributed by atoms with Crippen LogP contribution in [0.15, 0.2) is 66.9 Å². The number of benzene rings is 2. The molecule has 0 bridgehead atoms. The molecule has 2 aromatic carbocycles. The molecule has 24 heavy (non-hydrogen) atoms. The molecule has 0 fully saturated rings. The highest BCUT2D eigenvalue weighted by Gasteiger charge is 2.24. The second-order valence-corrected chi connectivity index (χ2v) is 5.65. The topological polar surface area (TPSA) is 70.3 Å². The van der Waals surface area contributed by atoms with Crippen LogP contribution >= 0.6 is 0 Å². The lowest BCUT2D eigenvalue weighted by molar-refractivity contribution is 0.0205. The van der Waals surface area contributed by atoms with Crippen molar-refractivity contribution >= 4 is 0 Å². The number of likely N-dealkylation sites (N-methyl/N-ethyl adjacent to an activating group) is 1. The highest BCUT2D eigenvalue weighted by Crippen LogP contribution is 2.29. The van der Waals surface area contributed by atoms with Gasteiger partial charge in [-0.2, -0.15) is 5.10 Å². The zero-order valence-electron chi connectivity index (χ0n) is 13.5. The summed E-state index contributed by atoms with van der Waals surface area (Å²) in [4.78, 5) is 0. The van der Waals surface area contributed by atoms with E-state index < -0.39 is 12.2 Å². The first-order valence-electron chi connectivity index (χ1n) is 7.92. The van der Waals surface area contributed by atoms with E-state index in [1.165, 1.54) is 0 Å². The number of aliphatic hydroxyl groups is 2. The van der Waals surface area contributed by atoms with Crippen molar-refractivity contribution in [2.75, 3.05) is 13.6 Å². The lowest BCUT2D eigenvalue weighted by Gasteiger charge is -2.17. The van der Waals surface area contributed by atoms with Crippen molar-refractivity contribution in [1.82, 2.24) is 15.1 Å². The lowest BCUT2D eigenvalue weighted by Crippen LogP contribution is -2.29. The number of para-hydroxylation sites is 1. The van der Waals surface area contributed by atoms with E-state index in [0.29, 0.717) is 17.8 Å². The predicted molar refractivity (Wildman–Crippen MR) is 93.9 cm³/mol. The van der Waals surface area contributed by atoms with Gasteiger partial charge in [-0.25, -0.2) is 4.68 Å². The summed E-state index contributed by atoms with van der Waals surface area (Å²) in [5.41, 5.74) is 3.07. The van der Waals surface area contributed by atoms with Crippen molar-refractivity contribution in [3.05, 3.63) is 72.4 Å². The first kappa shape index (κ1) is 16.4. The second kappa shape index (κ2) is 7.40. The van der Waals surface area contributed by atoms with E-state index in [2.05, 4.69) is 10.4 Å². The molecule has 3 N–H and O–H groups in total. The Balaban J connectivity index is 2.07. The largest absolute Gasteiger partial charge is 0.389 e. The van der Waals surface area contributed by atoms with Gasteiger partial charge in [0.1, 0.15) is 6.10 Å². The van der Waals surface area contributed by atoms with Gasteiger partial charge in [0.2, 0.25) is 0 Å². The van der Waals surface area contributed by atoms with Crippen LogP contribution in [0.5, 0.6) is 0 Å². The smallest absolute Gasteiger partial charge is 0.110 e. The maximum absolute atomic E-state index is 10.6. The van der Waals surface area contributed by atoms with Gasteiger partial charge in [-0.1, -0.05) is 48.5 Å². The maximum atomic E-state index is 10.6. The third-order valence-electron chi connectivity index (χ3n) is 3.91. The summed E-state index contributed by atoms with van der Waals surface area (Å²) in [6, 6.07) is 19.4. The monoisotopic (exact) mass is 323 g/mol. The van der Waals surface area contributed by atoms with Crippen LogP contribution in [0, 0.1) is 0 Å². The van der Waals surface area contributed by atoms with E-state index in [4.69, 9.17) is 0 Å². The Bertz CT molecular complexity index is 772. The molecule has 0 radical (unpaired) electrons. The van der Waals surface area contributed by atoms with Crippen molar-refractivity contribution in [3.63, 3.8) is 0 Å². The zero-order valence-corrected chi connectivity index (χ0v) is 13.5. The molecular formula is C19H21N3O2. The summed E-state index contributed by atoms with van der Waals surface area (Å²) in [6.07, 6.45) is -0.155. The fraction of sp³-hybridized carbons (Fsp3) is 0.211. The van der Waals surface area contributed by atoms with Crippen molar-refractivity contribution in [3.8, 4) is 16.9 Å². The van der Waals surface area contributed by atoms with Crippen LogP contribution in [0.3, 0.4) is 0 Å². The fourth-order valence-electron chi connectivity index (χ4n) is 2.67. The van der Waals surface area contributed by atoms with E-state index in [1.54, 1.807) is 17.9 Å². The summed E-state index contributed by atoms with van der Waals surface area (Å²) in [7, 11) is 1.74. The minimum atomic E-state index is -1.02. The molecule has 0 aliphatic heterocycles. The molecule has 1 aromatic heterocycles. The zero-order chi connectivity index (χ0) is 16.9. The lowest BCUT2D eigenvalue weighted by atomic mass is 10.0. The molecule has 5 nitrogen and oxygen atoms in total. The number of nitrogens with one attached hydrogen (secondary N) is 1. The van der Waals surface area contributed by atoms with Crippen molar-refractivity contribution in [2.45, 2.75) is 12.2 Å². The highest BCUT2D eigenvalue weighted by molar-refractivity contribution is 5.63. The Hall–Kier alpha value is -2.47. The SMILES string of the molecule is CNCC(O)C(O)c1cn(-c2ccccc2)nc1-c1ccccc1. The van der Waals surface area contributed by atoms with Crippen molar-refractivity contribution in [1.29, 1.82) is 0 Å². The minimum absolute atomic E-state index is 0.298. The number of rotatable bonds is 6. The van der Waals surface area contributed by atoms with Gasteiger partial charge in [0.25, 0.3) is 0 Å². The quantitative estimate of drug-likeness (QED) is 0.650. The van der Waals surface area contributed by atoms with Gasteiger partial charge in [0, 0.05) is 23.9 Å². The van der Waals surface area contributed by atoms with Gasteiger partial charge in [0.05, 0.1) is 17.5 Å². The van der Waals surface area contributed by atoms with Gasteiger partial charge in [-0.05, 0) is 19.2 Å². The van der Waals surface area contributed by atoms with Crippen LogP contribution in [-0.2, 0) is 0 Å². The van der Waals surface area contributed by atoms with Crippen LogP contribution in [0.1, 0.15) is 11.7 Å². The normalized spacial score (nSPS) is 13.6. The van der Waals surface area contributed by atoms with Gasteiger partial charge in [-0.15, -0.1) is 0 Å². The molecule has 0 saturated carbocycles. The first-order valence-corrected chi connectivity index (χ1v) is 7.92. The van der Waals surface area contributed by atoms with Crippen LogP contribution in [0.2, 0.25) is 0 Å². The Morgan fingerprint density at radius 1 is 1.00 bits per heavy atom. The minimum Gasteiger partial charge on any atom is -0.389 e. The molecule has 0 amide bonds. The van der Waals surface area contributed by atoms with E-state index in [9.17, 15) is 10.2 Å². The molecule has 0 aliphatic rings. The van der Waals surface area contributed by atoms with E-state index in [1.807, 2.05) is 60.7 Å². The summed E-state index contributed by atoms with van der Waals surface area (Å²) < 4.78 is 1.73. The second-order valence-electron chi connectivity index (χ2n) is 5.65. The molecule has 3 rings (SSSR count). The Morgan fingerprint density at radius 2 is 1.62 bits per heavy atom. The Morgan fingerprint density at radius 3 is 2.25 bits per heavy atom. The van der Waals surface area contributed by atoms with Gasteiger partial charge < -0.3 is 15.5 Å². The van der Waals surface area contributed by atoms with Crippen LogP contribution in [0.4, 0.5) is 0 Å². The van der Waals surface area contributed by atoms with Crippen LogP contribution in [-0.4, -0.2) is 39.7 Å². The third-order valence-corrected chi connectivity index (χ3v) is 3.91. The number of hydrogen-bond donors (Lipinski definition) is 3. The molecule has 2 unspecified atom stereocenters. The average molecular weight is 323 g/mol. The standard InChI is InChI=1S/C19H21N3O2/c1-20-12-17(23)19(24)16-13-22(15-10-6-3-7-11-15)21-18(16)14-8-4-2-5-9-14/h2-11,13,17,19-20,23-24H,12H2,1H3. The molecule has 0 spiro atoms. The average Bonchev–Trinajstić information content (AvgIpc) is 3.08. The Labute approximate surface area is 141 Å². The number of aliphatic hydroxyl groups excluding tert-OH is 2. The van der Waals surface area contributed by atoms with Crippen molar-refractivity contribution < 1.29 is 10.2 Å². The molecule has 5 heteroatoms. The summed E-state index contributed by atoms with van der Waals surface area (Å²) in [6.45, 7) is 0.298. The van der Waals surface area contributed by atoms with E-state index in [-0.39, 0.29) is 0 Å². The summed E-state index contributed by atoms with van der Waals surface area (Å²) in [5.74, 6) is 0.